The number of carbonyl (C=O) groups is 3. The van der Waals surface area contributed by atoms with Gasteiger partial charge in [0.15, 0.2) is 0 Å². The van der Waals surface area contributed by atoms with Crippen molar-refractivity contribution >= 4 is 17.9 Å². The van der Waals surface area contributed by atoms with Gasteiger partial charge in [-0.15, -0.1) is 0 Å². The van der Waals surface area contributed by atoms with Gasteiger partial charge in [-0.25, -0.2) is 0 Å². The predicted molar refractivity (Wildman–Crippen MR) is 265 cm³/mol. The van der Waals surface area contributed by atoms with Crippen LogP contribution in [0.2, 0.25) is 0 Å². The van der Waals surface area contributed by atoms with E-state index in [4.69, 9.17) is 28.4 Å². The van der Waals surface area contributed by atoms with E-state index in [0.717, 1.165) is 42.1 Å². The average Bonchev–Trinajstić information content (AvgIpc) is 3.34. The van der Waals surface area contributed by atoms with Crippen molar-refractivity contribution in [1.82, 2.24) is 0 Å². The smallest absolute Gasteiger partial charge is 0.308 e. The van der Waals surface area contributed by atoms with Crippen molar-refractivity contribution in [3.63, 3.8) is 0 Å². The number of benzene rings is 6. The Kier molecular flexibility index (Phi) is 18.0. The predicted octanol–water partition coefficient (Wildman–Crippen LogP) is 13.2. The quantitative estimate of drug-likeness (QED) is 0.0827. The second-order valence-corrected chi connectivity index (χ2v) is 17.5. The molecule has 1 aliphatic rings. The first-order valence-corrected chi connectivity index (χ1v) is 22.9. The maximum Gasteiger partial charge on any atom is 0.308 e. The molecule has 0 bridgehead atoms. The van der Waals surface area contributed by atoms with Crippen molar-refractivity contribution in [1.29, 1.82) is 0 Å². The summed E-state index contributed by atoms with van der Waals surface area (Å²) >= 11 is 0. The molecule has 7 rings (SSSR count). The lowest BCUT2D eigenvalue weighted by molar-refractivity contribution is -0.132. The minimum absolute atomic E-state index is 0.0409. The average molecular weight is 907 g/mol. The molecule has 352 valence electrons. The van der Waals surface area contributed by atoms with E-state index in [0.29, 0.717) is 17.2 Å². The van der Waals surface area contributed by atoms with Crippen LogP contribution < -0.4 is 28.4 Å². The third-order valence-corrected chi connectivity index (χ3v) is 12.9. The van der Waals surface area contributed by atoms with Gasteiger partial charge in [0, 0.05) is 37.0 Å². The van der Waals surface area contributed by atoms with Crippen LogP contribution in [0.15, 0.2) is 146 Å². The SMILES string of the molecule is CCC(C)(c1ccc(OC)cc1)c1ccc(OC(C)=O)cc1.COc1ccc(C(C)(C)c2ccc(OC(C)=O)cc2)cc1.COc1ccc(C2(c3ccc(OC(C)=O)cc3)CCCCC2)cc1. The molecular formula is C58H66O9. The Bertz CT molecular complexity index is 2480. The van der Waals surface area contributed by atoms with Crippen LogP contribution >= 0.6 is 0 Å². The minimum Gasteiger partial charge on any atom is -0.497 e. The van der Waals surface area contributed by atoms with E-state index in [1.165, 1.54) is 67.9 Å². The van der Waals surface area contributed by atoms with Crippen LogP contribution in [-0.4, -0.2) is 39.2 Å². The Labute approximate surface area is 397 Å². The van der Waals surface area contributed by atoms with Crippen LogP contribution in [0.3, 0.4) is 0 Å². The summed E-state index contributed by atoms with van der Waals surface area (Å²) in [4.78, 5) is 33.1. The zero-order chi connectivity index (χ0) is 48.6. The van der Waals surface area contributed by atoms with Gasteiger partial charge in [-0.3, -0.25) is 14.4 Å². The number of ether oxygens (including phenoxy) is 6. The van der Waals surface area contributed by atoms with Crippen LogP contribution in [0.1, 0.15) is 120 Å². The molecule has 6 aromatic rings. The van der Waals surface area contributed by atoms with E-state index in [1.807, 2.05) is 97.1 Å². The van der Waals surface area contributed by atoms with Crippen molar-refractivity contribution in [2.24, 2.45) is 0 Å². The summed E-state index contributed by atoms with van der Waals surface area (Å²) in [5.74, 6) is 3.43. The highest BCUT2D eigenvalue weighted by atomic mass is 16.5. The normalized spacial score (nSPS) is 13.7. The molecule has 0 radical (unpaired) electrons. The molecule has 0 aliphatic heterocycles. The van der Waals surface area contributed by atoms with Gasteiger partial charge in [0.1, 0.15) is 34.5 Å². The number of rotatable bonds is 13. The van der Waals surface area contributed by atoms with Gasteiger partial charge in [0.05, 0.1) is 21.3 Å². The first-order chi connectivity index (χ1) is 32.1. The van der Waals surface area contributed by atoms with Crippen molar-refractivity contribution in [2.45, 2.75) is 103 Å². The highest BCUT2D eigenvalue weighted by Crippen LogP contribution is 2.46. The lowest BCUT2D eigenvalue weighted by Crippen LogP contribution is -2.30. The molecule has 0 aromatic heterocycles. The summed E-state index contributed by atoms with van der Waals surface area (Å²) in [5.41, 5.74) is 7.21. The highest BCUT2D eigenvalue weighted by Gasteiger charge is 2.36. The van der Waals surface area contributed by atoms with Crippen molar-refractivity contribution in [2.75, 3.05) is 21.3 Å². The second-order valence-electron chi connectivity index (χ2n) is 17.5. The maximum absolute atomic E-state index is 11.1. The molecule has 6 aromatic carbocycles. The summed E-state index contributed by atoms with van der Waals surface area (Å²) in [6.07, 6.45) is 7.02. The molecule has 1 aliphatic carbocycles. The number of carbonyl (C=O) groups excluding carboxylic acids is 3. The van der Waals surface area contributed by atoms with Crippen LogP contribution in [0, 0.1) is 0 Å². The van der Waals surface area contributed by atoms with Crippen molar-refractivity contribution in [3.05, 3.63) is 179 Å². The third-order valence-electron chi connectivity index (χ3n) is 12.9. The summed E-state index contributed by atoms with van der Waals surface area (Å²) in [6, 6.07) is 48.0. The topological polar surface area (TPSA) is 107 Å². The fraction of sp³-hybridized carbons (Fsp3) is 0.328. The molecular weight excluding hydrogens is 841 g/mol. The second kappa shape index (κ2) is 23.5. The Morgan fingerprint density at radius 1 is 0.418 bits per heavy atom. The standard InChI is InChI=1S/C21H24O3.C19H22O3.C18H20O3/c1-16(22)24-20-12-8-18(9-13-20)21(14-4-3-5-15-21)17-6-10-19(23-2)11-7-17;1-5-19(3,15-6-10-17(21-4)11-7-15)16-8-12-18(13-9-16)22-14(2)20;1-13(19)21-17-11-7-15(8-12-17)18(2,3)14-5-9-16(20-4)10-6-14/h6-13H,3-5,14-15H2,1-2H3;6-13H,5H2,1-4H3;5-12H,1-4H3. The lowest BCUT2D eigenvalue weighted by Gasteiger charge is -2.38. The van der Waals surface area contributed by atoms with E-state index in [-0.39, 0.29) is 34.2 Å². The summed E-state index contributed by atoms with van der Waals surface area (Å²) in [7, 11) is 5.02. The summed E-state index contributed by atoms with van der Waals surface area (Å²) < 4.78 is 31.0. The molecule has 67 heavy (non-hydrogen) atoms. The van der Waals surface area contributed by atoms with Crippen LogP contribution in [0.5, 0.6) is 34.5 Å². The van der Waals surface area contributed by atoms with E-state index in [2.05, 4.69) is 76.2 Å². The molecule has 0 spiro atoms. The molecule has 0 amide bonds. The maximum atomic E-state index is 11.1. The van der Waals surface area contributed by atoms with Gasteiger partial charge in [-0.2, -0.15) is 0 Å². The number of hydrogen-bond acceptors (Lipinski definition) is 9. The van der Waals surface area contributed by atoms with E-state index >= 15 is 0 Å². The molecule has 0 heterocycles. The first kappa shape index (κ1) is 51.1. The fourth-order valence-electron chi connectivity index (χ4n) is 8.69. The number of hydrogen-bond donors (Lipinski definition) is 0. The number of esters is 3. The molecule has 1 atom stereocenters. The van der Waals surface area contributed by atoms with Gasteiger partial charge in [-0.1, -0.05) is 120 Å². The zero-order valence-corrected chi connectivity index (χ0v) is 40.8. The summed E-state index contributed by atoms with van der Waals surface area (Å²) in [6.45, 7) is 12.9. The Hall–Kier alpha value is -6.87. The molecule has 1 saturated carbocycles. The molecule has 0 saturated heterocycles. The Morgan fingerprint density at radius 3 is 0.970 bits per heavy atom. The Balaban J connectivity index is 0.000000189. The van der Waals surface area contributed by atoms with Crippen LogP contribution in [0.25, 0.3) is 0 Å². The van der Waals surface area contributed by atoms with Crippen LogP contribution in [0.4, 0.5) is 0 Å². The molecule has 1 fully saturated rings. The third kappa shape index (κ3) is 13.4. The van der Waals surface area contributed by atoms with Gasteiger partial charge in [0.25, 0.3) is 0 Å². The van der Waals surface area contributed by atoms with E-state index in [9.17, 15) is 14.4 Å². The van der Waals surface area contributed by atoms with Crippen LogP contribution in [-0.2, 0) is 30.6 Å². The molecule has 9 heteroatoms. The summed E-state index contributed by atoms with van der Waals surface area (Å²) in [5, 5.41) is 0. The molecule has 0 N–H and O–H groups in total. The lowest BCUT2D eigenvalue weighted by atomic mass is 9.65. The van der Waals surface area contributed by atoms with E-state index in [1.54, 1.807) is 21.3 Å². The van der Waals surface area contributed by atoms with Crippen molar-refractivity contribution < 1.29 is 42.8 Å². The minimum atomic E-state index is -0.308. The van der Waals surface area contributed by atoms with Gasteiger partial charge in [0.2, 0.25) is 0 Å². The fourth-order valence-corrected chi connectivity index (χ4v) is 8.69. The number of methoxy groups -OCH3 is 3. The molecule has 1 unspecified atom stereocenters. The van der Waals surface area contributed by atoms with E-state index < -0.39 is 0 Å². The monoisotopic (exact) mass is 906 g/mol. The highest BCUT2D eigenvalue weighted by molar-refractivity contribution is 5.70. The first-order valence-electron chi connectivity index (χ1n) is 22.9. The van der Waals surface area contributed by atoms with Crippen molar-refractivity contribution in [3.8, 4) is 34.5 Å². The van der Waals surface area contributed by atoms with Gasteiger partial charge < -0.3 is 28.4 Å². The zero-order valence-electron chi connectivity index (χ0n) is 40.8. The van der Waals surface area contributed by atoms with Gasteiger partial charge in [-0.05, 0) is 125 Å². The Morgan fingerprint density at radius 2 is 0.687 bits per heavy atom. The molecule has 9 nitrogen and oxygen atoms in total. The van der Waals surface area contributed by atoms with Gasteiger partial charge >= 0.3 is 17.9 Å². The largest absolute Gasteiger partial charge is 0.497 e.